The Morgan fingerprint density at radius 3 is 2.29 bits per heavy atom. The Balaban J connectivity index is 1.81. The number of rotatable bonds is 10. The number of methoxy groups -OCH3 is 3. The predicted octanol–water partition coefficient (Wildman–Crippen LogP) is 4.62. The molecule has 222 valence electrons. The summed E-state index contributed by atoms with van der Waals surface area (Å²) in [7, 11) is 4.67. The molecule has 0 heterocycles. The van der Waals surface area contributed by atoms with E-state index in [4.69, 9.17) is 14.2 Å². The summed E-state index contributed by atoms with van der Waals surface area (Å²) in [6.45, 7) is 5.69. The van der Waals surface area contributed by atoms with Crippen LogP contribution in [0, 0.1) is 5.92 Å². The Labute approximate surface area is 246 Å². The van der Waals surface area contributed by atoms with E-state index in [1.165, 1.54) is 6.92 Å². The normalized spacial score (nSPS) is 14.5. The molecular formula is C33H39N3O6. The van der Waals surface area contributed by atoms with Gasteiger partial charge in [-0.3, -0.25) is 14.4 Å². The topological polar surface area (TPSA) is 115 Å². The van der Waals surface area contributed by atoms with Crippen molar-refractivity contribution in [3.05, 3.63) is 81.5 Å². The van der Waals surface area contributed by atoms with Gasteiger partial charge in [-0.2, -0.15) is 0 Å². The highest BCUT2D eigenvalue weighted by atomic mass is 16.5. The first-order valence-corrected chi connectivity index (χ1v) is 14.0. The second kappa shape index (κ2) is 13.4. The number of amides is 2. The number of benzene rings is 2. The average molecular weight is 574 g/mol. The number of aryl methyl sites for hydroxylation is 1. The van der Waals surface area contributed by atoms with Crippen molar-refractivity contribution in [3.63, 3.8) is 0 Å². The van der Waals surface area contributed by atoms with E-state index in [2.05, 4.69) is 16.0 Å². The lowest BCUT2D eigenvalue weighted by Crippen LogP contribution is -2.43. The number of anilines is 1. The lowest BCUT2D eigenvalue weighted by atomic mass is 9.95. The van der Waals surface area contributed by atoms with Crippen molar-refractivity contribution >= 4 is 17.5 Å². The molecule has 9 heteroatoms. The van der Waals surface area contributed by atoms with Crippen LogP contribution < -0.4 is 35.6 Å². The fourth-order valence-corrected chi connectivity index (χ4v) is 5.42. The highest BCUT2D eigenvalue weighted by Gasteiger charge is 2.30. The average Bonchev–Trinajstić information content (AvgIpc) is 3.22. The standard InChI is InChI=1S/C33H39N3O6/c1-19(2)30(33(39)34-18-21-10-8-7-9-11-21)36-26-15-13-23-24(17-27(26)38)25(35-20(3)37)14-12-22-16-28(40-4)31(41-5)32(42-6)29(22)23/h7-11,13,15-17,19,25,30H,12,14,18H2,1-6H3,(H,34,39)(H,35,37)(H,36,38)/t25-,30-/m0/s1. The number of hydrogen-bond acceptors (Lipinski definition) is 7. The lowest BCUT2D eigenvalue weighted by Gasteiger charge is -2.22. The van der Waals surface area contributed by atoms with Crippen molar-refractivity contribution in [2.45, 2.75) is 52.2 Å². The predicted molar refractivity (Wildman–Crippen MR) is 163 cm³/mol. The van der Waals surface area contributed by atoms with Gasteiger partial charge in [-0.1, -0.05) is 50.2 Å². The van der Waals surface area contributed by atoms with Gasteiger partial charge in [0.2, 0.25) is 23.0 Å². The molecular weight excluding hydrogens is 534 g/mol. The number of fused-ring (bicyclic) bond motifs is 3. The van der Waals surface area contributed by atoms with Crippen LogP contribution in [0.25, 0.3) is 11.1 Å². The number of carbonyl (C=O) groups is 2. The molecule has 1 aliphatic rings. The van der Waals surface area contributed by atoms with E-state index >= 15 is 0 Å². The second-order valence-electron chi connectivity index (χ2n) is 10.7. The highest BCUT2D eigenvalue weighted by molar-refractivity contribution is 5.86. The molecule has 2 amide bonds. The number of hydrogen-bond donors (Lipinski definition) is 3. The van der Waals surface area contributed by atoms with Crippen molar-refractivity contribution in [3.8, 4) is 28.4 Å². The first kappa shape index (κ1) is 30.4. The van der Waals surface area contributed by atoms with E-state index in [1.807, 2.05) is 56.3 Å². The zero-order valence-electron chi connectivity index (χ0n) is 25.0. The van der Waals surface area contributed by atoms with Crippen LogP contribution in [-0.2, 0) is 22.6 Å². The summed E-state index contributed by atoms with van der Waals surface area (Å²) in [4.78, 5) is 39.2. The Kier molecular flexibility index (Phi) is 9.72. The maximum atomic E-state index is 13.7. The summed E-state index contributed by atoms with van der Waals surface area (Å²) < 4.78 is 17.1. The van der Waals surface area contributed by atoms with Crippen LogP contribution in [-0.4, -0.2) is 39.2 Å². The van der Waals surface area contributed by atoms with Gasteiger partial charge in [0, 0.05) is 19.0 Å². The molecule has 0 bridgehead atoms. The molecule has 3 N–H and O–H groups in total. The second-order valence-corrected chi connectivity index (χ2v) is 10.7. The largest absolute Gasteiger partial charge is 0.493 e. The quantitative estimate of drug-likeness (QED) is 0.324. The van der Waals surface area contributed by atoms with Crippen molar-refractivity contribution in [2.24, 2.45) is 5.92 Å². The van der Waals surface area contributed by atoms with E-state index in [9.17, 15) is 14.4 Å². The monoisotopic (exact) mass is 573 g/mol. The summed E-state index contributed by atoms with van der Waals surface area (Å²) in [5, 5.41) is 9.19. The molecule has 0 unspecified atom stereocenters. The molecule has 0 saturated carbocycles. The van der Waals surface area contributed by atoms with Gasteiger partial charge >= 0.3 is 0 Å². The molecule has 3 aromatic rings. The maximum absolute atomic E-state index is 13.7. The molecule has 0 radical (unpaired) electrons. The van der Waals surface area contributed by atoms with Crippen molar-refractivity contribution in [2.75, 3.05) is 26.6 Å². The molecule has 0 saturated heterocycles. The van der Waals surface area contributed by atoms with Gasteiger partial charge in [-0.05, 0) is 59.2 Å². The van der Waals surface area contributed by atoms with Gasteiger partial charge in [-0.25, -0.2) is 0 Å². The first-order valence-electron chi connectivity index (χ1n) is 14.0. The van der Waals surface area contributed by atoms with Crippen LogP contribution in [0.4, 0.5) is 5.69 Å². The van der Waals surface area contributed by atoms with E-state index in [1.54, 1.807) is 33.5 Å². The minimum Gasteiger partial charge on any atom is -0.493 e. The fourth-order valence-electron chi connectivity index (χ4n) is 5.42. The van der Waals surface area contributed by atoms with Crippen LogP contribution in [0.15, 0.2) is 59.4 Å². The maximum Gasteiger partial charge on any atom is 0.243 e. The minimum atomic E-state index is -0.652. The van der Waals surface area contributed by atoms with E-state index in [-0.39, 0.29) is 28.8 Å². The fraction of sp³-hybridized carbons (Fsp3) is 0.364. The summed E-state index contributed by atoms with van der Waals surface area (Å²) in [5.74, 6) is 0.928. The highest BCUT2D eigenvalue weighted by Crippen LogP contribution is 2.50. The summed E-state index contributed by atoms with van der Waals surface area (Å²) in [6, 6.07) is 15.6. The van der Waals surface area contributed by atoms with Gasteiger partial charge in [-0.15, -0.1) is 0 Å². The zero-order chi connectivity index (χ0) is 30.4. The molecule has 2 atom stereocenters. The molecule has 0 aromatic heterocycles. The van der Waals surface area contributed by atoms with Crippen LogP contribution in [0.3, 0.4) is 0 Å². The van der Waals surface area contributed by atoms with Crippen LogP contribution >= 0.6 is 0 Å². The first-order chi connectivity index (χ1) is 20.2. The lowest BCUT2D eigenvalue weighted by molar-refractivity contribution is -0.123. The van der Waals surface area contributed by atoms with E-state index in [0.717, 1.165) is 22.3 Å². The van der Waals surface area contributed by atoms with Gasteiger partial charge in [0.25, 0.3) is 0 Å². The Bertz CT molecular complexity index is 1510. The van der Waals surface area contributed by atoms with Crippen molar-refractivity contribution in [1.82, 2.24) is 10.6 Å². The Hall–Kier alpha value is -4.53. The molecule has 3 aromatic carbocycles. The Morgan fingerprint density at radius 2 is 1.67 bits per heavy atom. The van der Waals surface area contributed by atoms with Crippen molar-refractivity contribution in [1.29, 1.82) is 0 Å². The summed E-state index contributed by atoms with van der Waals surface area (Å²) in [6.07, 6.45) is 1.16. The minimum absolute atomic E-state index is 0.104. The zero-order valence-corrected chi connectivity index (χ0v) is 25.0. The van der Waals surface area contributed by atoms with Gasteiger partial charge in [0.15, 0.2) is 11.5 Å². The number of ether oxygens (including phenoxy) is 3. The van der Waals surface area contributed by atoms with Crippen LogP contribution in [0.1, 0.15) is 49.9 Å². The number of carbonyl (C=O) groups excluding carboxylic acids is 2. The van der Waals surface area contributed by atoms with Gasteiger partial charge < -0.3 is 30.2 Å². The third-order valence-electron chi connectivity index (χ3n) is 7.49. The third kappa shape index (κ3) is 6.51. The third-order valence-corrected chi connectivity index (χ3v) is 7.49. The van der Waals surface area contributed by atoms with Gasteiger partial charge in [0.1, 0.15) is 6.04 Å². The van der Waals surface area contributed by atoms with E-state index in [0.29, 0.717) is 42.2 Å². The van der Waals surface area contributed by atoms with Crippen LogP contribution in [0.2, 0.25) is 0 Å². The van der Waals surface area contributed by atoms with E-state index < -0.39 is 12.1 Å². The molecule has 0 aliphatic heterocycles. The SMILES string of the molecule is COc1cc2c(c(OC)c1OC)-c1ccc(N[C@H](C(=O)NCc3ccccc3)C(C)C)c(=O)cc1[C@@H](NC(C)=O)CC2. The molecule has 4 rings (SSSR count). The molecule has 9 nitrogen and oxygen atoms in total. The summed E-state index contributed by atoms with van der Waals surface area (Å²) in [5.41, 5.74) is 4.04. The smallest absolute Gasteiger partial charge is 0.243 e. The number of nitrogens with one attached hydrogen (secondary N) is 3. The van der Waals surface area contributed by atoms with Crippen molar-refractivity contribution < 1.29 is 23.8 Å². The molecule has 0 spiro atoms. The van der Waals surface area contributed by atoms with Gasteiger partial charge in [0.05, 0.1) is 33.1 Å². The summed E-state index contributed by atoms with van der Waals surface area (Å²) >= 11 is 0. The Morgan fingerprint density at radius 1 is 0.952 bits per heavy atom. The molecule has 42 heavy (non-hydrogen) atoms. The van der Waals surface area contributed by atoms with Crippen LogP contribution in [0.5, 0.6) is 17.2 Å². The molecule has 1 aliphatic carbocycles. The molecule has 0 fully saturated rings.